The first-order valence-electron chi connectivity index (χ1n) is 6.21. The van der Waals surface area contributed by atoms with Crippen LogP contribution < -0.4 is 4.74 Å². The molecule has 0 aliphatic carbocycles. The van der Waals surface area contributed by atoms with Crippen LogP contribution in [0, 0.1) is 23.3 Å². The van der Waals surface area contributed by atoms with Gasteiger partial charge in [-0.3, -0.25) is 4.79 Å². The largest absolute Gasteiger partial charge is 0.451 e. The first-order chi connectivity index (χ1) is 10.5. The highest BCUT2D eigenvalue weighted by Gasteiger charge is 2.25. The van der Waals surface area contributed by atoms with Crippen LogP contribution in [0.15, 0.2) is 30.3 Å². The van der Waals surface area contributed by atoms with E-state index >= 15 is 0 Å². The van der Waals surface area contributed by atoms with Crippen LogP contribution in [-0.2, 0) is 0 Å². The number of carbonyl (C=O) groups is 1. The maximum absolute atomic E-state index is 13.9. The molecule has 0 spiro atoms. The maximum atomic E-state index is 13.9. The highest BCUT2D eigenvalue weighted by atomic mass is 19.2. The summed E-state index contributed by atoms with van der Waals surface area (Å²) in [4.78, 5) is 10.5. The molecule has 6 heteroatoms. The normalized spacial score (nSPS) is 11.0. The highest BCUT2D eigenvalue weighted by molar-refractivity contribution is 5.74. The van der Waals surface area contributed by atoms with Gasteiger partial charge < -0.3 is 4.74 Å². The molecule has 0 amide bonds. The smallest absolute Gasteiger partial charge is 0.205 e. The lowest BCUT2D eigenvalue weighted by Gasteiger charge is -2.11. The van der Waals surface area contributed by atoms with E-state index in [9.17, 15) is 22.4 Å². The average molecular weight is 310 g/mol. The Balaban J connectivity index is 2.49. The van der Waals surface area contributed by atoms with Crippen molar-refractivity contribution in [3.05, 3.63) is 64.7 Å². The van der Waals surface area contributed by atoms with Gasteiger partial charge >= 0.3 is 0 Å². The Morgan fingerprint density at radius 2 is 1.45 bits per heavy atom. The third-order valence-electron chi connectivity index (χ3n) is 2.83. The van der Waals surface area contributed by atoms with Gasteiger partial charge in [0.2, 0.25) is 17.4 Å². The summed E-state index contributed by atoms with van der Waals surface area (Å²) < 4.78 is 60.1. The van der Waals surface area contributed by atoms with E-state index in [2.05, 4.69) is 0 Å². The van der Waals surface area contributed by atoms with Crippen molar-refractivity contribution in [3.8, 4) is 11.5 Å². The minimum absolute atomic E-state index is 0.0685. The summed E-state index contributed by atoms with van der Waals surface area (Å²) >= 11 is 0. The Bertz CT molecular complexity index is 708. The summed E-state index contributed by atoms with van der Waals surface area (Å²) in [5, 5.41) is 0. The summed E-state index contributed by atoms with van der Waals surface area (Å²) in [6.45, 7) is 1.45. The number of ether oxygens (including phenoxy) is 1. The number of carbonyl (C=O) groups excluding carboxylic acids is 1. The number of halogens is 4. The van der Waals surface area contributed by atoms with Crippen molar-refractivity contribution >= 4 is 12.4 Å². The van der Waals surface area contributed by atoms with E-state index in [0.29, 0.717) is 11.8 Å². The molecule has 0 saturated heterocycles. The van der Waals surface area contributed by atoms with Crippen LogP contribution in [0.1, 0.15) is 22.8 Å². The zero-order valence-corrected chi connectivity index (χ0v) is 11.4. The van der Waals surface area contributed by atoms with Crippen molar-refractivity contribution in [1.82, 2.24) is 0 Å². The molecule has 0 N–H and O–H groups in total. The van der Waals surface area contributed by atoms with Crippen molar-refractivity contribution in [3.63, 3.8) is 0 Å². The van der Waals surface area contributed by atoms with Gasteiger partial charge in [-0.15, -0.1) is 0 Å². The van der Waals surface area contributed by atoms with Gasteiger partial charge in [-0.05, 0) is 31.2 Å². The number of rotatable bonds is 4. The van der Waals surface area contributed by atoms with Crippen molar-refractivity contribution in [1.29, 1.82) is 0 Å². The number of hydrogen-bond donors (Lipinski definition) is 0. The van der Waals surface area contributed by atoms with Gasteiger partial charge in [0, 0.05) is 5.56 Å². The molecule has 0 aliphatic rings. The second-order valence-electron chi connectivity index (χ2n) is 4.29. The summed E-state index contributed by atoms with van der Waals surface area (Å²) in [6.07, 6.45) is 2.73. The first-order valence-corrected chi connectivity index (χ1v) is 6.21. The molecule has 0 fully saturated rings. The van der Waals surface area contributed by atoms with Gasteiger partial charge in [0.25, 0.3) is 0 Å². The topological polar surface area (TPSA) is 26.3 Å². The monoisotopic (exact) mass is 310 g/mol. The second-order valence-corrected chi connectivity index (χ2v) is 4.29. The zero-order chi connectivity index (χ0) is 16.3. The molecule has 0 radical (unpaired) electrons. The Morgan fingerprint density at radius 1 is 0.909 bits per heavy atom. The lowest BCUT2D eigenvalue weighted by atomic mass is 10.1. The molecule has 2 nitrogen and oxygen atoms in total. The molecule has 0 bridgehead atoms. The van der Waals surface area contributed by atoms with Crippen LogP contribution in [0.25, 0.3) is 6.08 Å². The van der Waals surface area contributed by atoms with Crippen LogP contribution in [0.2, 0.25) is 0 Å². The highest BCUT2D eigenvalue weighted by Crippen LogP contribution is 2.33. The molecule has 2 aromatic rings. The Morgan fingerprint density at radius 3 is 1.91 bits per heavy atom. The van der Waals surface area contributed by atoms with Crippen LogP contribution in [-0.4, -0.2) is 6.29 Å². The zero-order valence-electron chi connectivity index (χ0n) is 11.4. The predicted octanol–water partition coefficient (Wildman–Crippen LogP) is 4.88. The summed E-state index contributed by atoms with van der Waals surface area (Å²) in [5.74, 6) is -7.60. The minimum Gasteiger partial charge on any atom is -0.451 e. The number of hydrogen-bond acceptors (Lipinski definition) is 2. The van der Waals surface area contributed by atoms with Gasteiger partial charge in [0.1, 0.15) is 12.0 Å². The third kappa shape index (κ3) is 2.86. The molecule has 2 rings (SSSR count). The summed E-state index contributed by atoms with van der Waals surface area (Å²) in [7, 11) is 0. The van der Waals surface area contributed by atoms with Crippen LogP contribution in [0.5, 0.6) is 11.5 Å². The van der Waals surface area contributed by atoms with E-state index < -0.39 is 34.6 Å². The lowest BCUT2D eigenvalue weighted by molar-refractivity contribution is 0.112. The van der Waals surface area contributed by atoms with Gasteiger partial charge in [0.15, 0.2) is 11.6 Å². The molecule has 0 atom stereocenters. The lowest BCUT2D eigenvalue weighted by Crippen LogP contribution is -2.03. The molecule has 0 unspecified atom stereocenters. The molecular formula is C16H10F4O2. The van der Waals surface area contributed by atoms with Crippen LogP contribution in [0.4, 0.5) is 17.6 Å². The Kier molecular flexibility index (Phi) is 4.60. The van der Waals surface area contributed by atoms with Gasteiger partial charge in [-0.2, -0.15) is 8.78 Å². The van der Waals surface area contributed by atoms with Crippen LogP contribution in [0.3, 0.4) is 0 Å². The molecule has 0 saturated carbocycles. The minimum atomic E-state index is -1.63. The fraction of sp³-hybridized carbons (Fsp3) is 0.0625. The van der Waals surface area contributed by atoms with E-state index in [1.807, 2.05) is 0 Å². The predicted molar refractivity (Wildman–Crippen MR) is 72.9 cm³/mol. The van der Waals surface area contributed by atoms with Crippen molar-refractivity contribution in [2.45, 2.75) is 6.92 Å². The number of allylic oxidation sites excluding steroid dienone is 1. The van der Waals surface area contributed by atoms with E-state index in [4.69, 9.17) is 4.74 Å². The number of aldehydes is 1. The molecule has 0 aromatic heterocycles. The van der Waals surface area contributed by atoms with E-state index in [1.54, 1.807) is 0 Å². The molecule has 22 heavy (non-hydrogen) atoms. The standard InChI is InChI=1S/C16H10F4O2/c1-2-3-11-12(17)14(19)16(15(20)13(11)18)22-10-6-4-9(8-21)5-7-10/h2-8H,1H3. The molecule has 0 aliphatic heterocycles. The Labute approximate surface area is 123 Å². The van der Waals surface area contributed by atoms with Gasteiger partial charge in [0.05, 0.1) is 5.56 Å². The summed E-state index contributed by atoms with van der Waals surface area (Å²) in [5.41, 5.74) is -0.504. The van der Waals surface area contributed by atoms with Gasteiger partial charge in [-0.25, -0.2) is 8.78 Å². The Hall–Kier alpha value is -2.63. The molecule has 2 aromatic carbocycles. The van der Waals surface area contributed by atoms with E-state index in [1.165, 1.54) is 37.3 Å². The second kappa shape index (κ2) is 6.43. The summed E-state index contributed by atoms with van der Waals surface area (Å²) in [6, 6.07) is 5.16. The molecule has 114 valence electrons. The van der Waals surface area contributed by atoms with Crippen LogP contribution >= 0.6 is 0 Å². The maximum Gasteiger partial charge on any atom is 0.205 e. The first kappa shape index (κ1) is 15.8. The molecule has 0 heterocycles. The van der Waals surface area contributed by atoms with E-state index in [0.717, 1.165) is 6.08 Å². The molecular weight excluding hydrogens is 300 g/mol. The SMILES string of the molecule is CC=Cc1c(F)c(F)c(Oc2ccc(C=O)cc2)c(F)c1F. The van der Waals surface area contributed by atoms with Crippen molar-refractivity contribution in [2.24, 2.45) is 0 Å². The average Bonchev–Trinajstić information content (AvgIpc) is 2.54. The van der Waals surface area contributed by atoms with Crippen molar-refractivity contribution < 1.29 is 27.1 Å². The van der Waals surface area contributed by atoms with Gasteiger partial charge in [-0.1, -0.05) is 12.2 Å². The fourth-order valence-electron chi connectivity index (χ4n) is 1.76. The third-order valence-corrected chi connectivity index (χ3v) is 2.83. The van der Waals surface area contributed by atoms with E-state index in [-0.39, 0.29) is 5.75 Å². The van der Waals surface area contributed by atoms with Crippen molar-refractivity contribution in [2.75, 3.05) is 0 Å². The number of benzene rings is 2. The quantitative estimate of drug-likeness (QED) is 0.457. The fourth-order valence-corrected chi connectivity index (χ4v) is 1.76.